The molecule has 0 bridgehead atoms. The summed E-state index contributed by atoms with van der Waals surface area (Å²) in [5.74, 6) is -0.801. The van der Waals surface area contributed by atoms with Crippen LogP contribution in [-0.4, -0.2) is 35.3 Å². The van der Waals surface area contributed by atoms with Gasteiger partial charge in [0.05, 0.1) is 13.1 Å². The second-order valence-corrected chi connectivity index (χ2v) is 3.09. The van der Waals surface area contributed by atoms with Gasteiger partial charge >= 0.3 is 6.18 Å². The fourth-order valence-electron chi connectivity index (χ4n) is 0.970. The molecule has 0 aliphatic heterocycles. The lowest BCUT2D eigenvalue weighted by Crippen LogP contribution is -2.28. The van der Waals surface area contributed by atoms with Gasteiger partial charge in [-0.2, -0.15) is 18.2 Å². The molecule has 0 saturated heterocycles. The summed E-state index contributed by atoms with van der Waals surface area (Å²) in [6.07, 6.45) is -4.30. The van der Waals surface area contributed by atoms with Crippen LogP contribution in [0.5, 0.6) is 0 Å². The van der Waals surface area contributed by atoms with Crippen molar-refractivity contribution in [2.75, 3.05) is 13.1 Å². The number of alkyl halides is 3. The van der Waals surface area contributed by atoms with Crippen molar-refractivity contribution in [1.29, 1.82) is 0 Å². The van der Waals surface area contributed by atoms with Gasteiger partial charge in [0.2, 0.25) is 5.89 Å². The van der Waals surface area contributed by atoms with Crippen LogP contribution in [0, 0.1) is 0 Å². The number of hydrogen-bond donors (Lipinski definition) is 2. The molecule has 0 atom stereocenters. The van der Waals surface area contributed by atoms with E-state index in [1.807, 2.05) is 0 Å². The van der Waals surface area contributed by atoms with Gasteiger partial charge in [0, 0.05) is 6.54 Å². The van der Waals surface area contributed by atoms with E-state index in [1.54, 1.807) is 6.92 Å². The minimum atomic E-state index is -4.30. The van der Waals surface area contributed by atoms with E-state index in [1.165, 1.54) is 0 Å². The van der Waals surface area contributed by atoms with Crippen LogP contribution in [0.25, 0.3) is 0 Å². The van der Waals surface area contributed by atoms with Crippen LogP contribution in [0.4, 0.5) is 13.2 Å². The van der Waals surface area contributed by atoms with Crippen LogP contribution in [0.3, 0.4) is 0 Å². The Kier molecular flexibility index (Phi) is 4.44. The number of rotatable bonds is 5. The van der Waals surface area contributed by atoms with Crippen molar-refractivity contribution in [1.82, 2.24) is 20.8 Å². The first-order chi connectivity index (χ1) is 7.92. The lowest BCUT2D eigenvalue weighted by Gasteiger charge is -2.05. The summed E-state index contributed by atoms with van der Waals surface area (Å²) >= 11 is 0. The van der Waals surface area contributed by atoms with Gasteiger partial charge in [-0.05, 0) is 6.92 Å². The van der Waals surface area contributed by atoms with E-state index in [0.717, 1.165) is 0 Å². The molecule has 0 fully saturated rings. The van der Waals surface area contributed by atoms with Crippen molar-refractivity contribution in [3.05, 3.63) is 11.7 Å². The summed E-state index contributed by atoms with van der Waals surface area (Å²) in [5, 5.41) is 7.83. The van der Waals surface area contributed by atoms with Crippen molar-refractivity contribution in [2.45, 2.75) is 19.6 Å². The topological polar surface area (TPSA) is 80.0 Å². The highest BCUT2D eigenvalue weighted by Crippen LogP contribution is 2.12. The molecular weight excluding hydrogens is 241 g/mol. The van der Waals surface area contributed by atoms with Crippen LogP contribution in [0.2, 0.25) is 0 Å². The van der Waals surface area contributed by atoms with Crippen LogP contribution >= 0.6 is 0 Å². The van der Waals surface area contributed by atoms with E-state index in [0.29, 0.717) is 6.54 Å². The Bertz CT molecular complexity index is 377. The third-order valence-electron chi connectivity index (χ3n) is 1.61. The van der Waals surface area contributed by atoms with Gasteiger partial charge in [0.1, 0.15) is 0 Å². The predicted molar refractivity (Wildman–Crippen MR) is 50.1 cm³/mol. The average molecular weight is 252 g/mol. The minimum absolute atomic E-state index is 0.0736. The molecule has 2 N–H and O–H groups in total. The van der Waals surface area contributed by atoms with E-state index in [9.17, 15) is 18.0 Å². The molecule has 1 aromatic rings. The predicted octanol–water partition coefficient (Wildman–Crippen LogP) is 0.471. The molecule has 6 nitrogen and oxygen atoms in total. The number of hydrogen-bond acceptors (Lipinski definition) is 5. The maximum absolute atomic E-state index is 11.8. The third kappa shape index (κ3) is 4.81. The summed E-state index contributed by atoms with van der Waals surface area (Å²) in [6.45, 7) is 0.705. The molecule has 1 rings (SSSR count). The van der Waals surface area contributed by atoms with E-state index >= 15 is 0 Å². The van der Waals surface area contributed by atoms with Crippen molar-refractivity contribution in [3.63, 3.8) is 0 Å². The van der Waals surface area contributed by atoms with Gasteiger partial charge in [-0.1, -0.05) is 5.16 Å². The summed E-state index contributed by atoms with van der Waals surface area (Å²) in [4.78, 5) is 14.8. The summed E-state index contributed by atoms with van der Waals surface area (Å²) in [7, 11) is 0. The molecule has 0 aliphatic rings. The Balaban J connectivity index is 2.43. The SMILES string of the molecule is CCNC(=O)c1noc(CNCC(F)(F)F)n1. The molecule has 1 amide bonds. The Hall–Kier alpha value is -1.64. The first-order valence-electron chi connectivity index (χ1n) is 4.80. The molecular formula is C8H11F3N4O2. The number of nitrogens with zero attached hydrogens (tertiary/aromatic N) is 2. The molecule has 0 saturated carbocycles. The number of carbonyl (C=O) groups is 1. The minimum Gasteiger partial charge on any atom is -0.349 e. The Labute approximate surface area is 94.6 Å². The number of aromatic nitrogens is 2. The van der Waals surface area contributed by atoms with Crippen molar-refractivity contribution >= 4 is 5.91 Å². The zero-order valence-corrected chi connectivity index (χ0v) is 8.97. The largest absolute Gasteiger partial charge is 0.401 e. The third-order valence-corrected chi connectivity index (χ3v) is 1.61. The standard InChI is InChI=1S/C8H11F3N4O2/c1-2-13-7(16)6-14-5(17-15-6)3-12-4-8(9,10)11/h12H,2-4H2,1H3,(H,13,16). The van der Waals surface area contributed by atoms with Gasteiger partial charge in [-0.3, -0.25) is 4.79 Å². The molecule has 0 unspecified atom stereocenters. The van der Waals surface area contributed by atoms with Crippen LogP contribution < -0.4 is 10.6 Å². The second kappa shape index (κ2) is 5.62. The number of nitrogens with one attached hydrogen (secondary N) is 2. The van der Waals surface area contributed by atoms with E-state index in [4.69, 9.17) is 0 Å². The van der Waals surface area contributed by atoms with E-state index in [2.05, 4.69) is 25.3 Å². The van der Waals surface area contributed by atoms with Crippen molar-refractivity contribution in [2.24, 2.45) is 0 Å². The van der Waals surface area contributed by atoms with Gasteiger partial charge in [-0.25, -0.2) is 0 Å². The molecule has 1 aromatic heterocycles. The summed E-state index contributed by atoms with van der Waals surface area (Å²) < 4.78 is 40.0. The maximum Gasteiger partial charge on any atom is 0.401 e. The lowest BCUT2D eigenvalue weighted by atomic mass is 10.5. The smallest absolute Gasteiger partial charge is 0.349 e. The van der Waals surface area contributed by atoms with Crippen LogP contribution in [0.15, 0.2) is 4.52 Å². The highest BCUT2D eigenvalue weighted by atomic mass is 19.4. The Morgan fingerprint density at radius 1 is 1.47 bits per heavy atom. The Morgan fingerprint density at radius 2 is 2.18 bits per heavy atom. The second-order valence-electron chi connectivity index (χ2n) is 3.09. The molecule has 1 heterocycles. The van der Waals surface area contributed by atoms with Crippen LogP contribution in [0.1, 0.15) is 23.4 Å². The summed E-state index contributed by atoms with van der Waals surface area (Å²) in [5.41, 5.74) is 0. The number of halogens is 3. The molecule has 96 valence electrons. The monoisotopic (exact) mass is 252 g/mol. The van der Waals surface area contributed by atoms with Gasteiger partial charge < -0.3 is 15.2 Å². The fraction of sp³-hybridized carbons (Fsp3) is 0.625. The number of amides is 1. The number of carbonyl (C=O) groups excluding carboxylic acids is 1. The highest BCUT2D eigenvalue weighted by Gasteiger charge is 2.26. The van der Waals surface area contributed by atoms with Crippen LogP contribution in [-0.2, 0) is 6.54 Å². The molecule has 0 spiro atoms. The quantitative estimate of drug-likeness (QED) is 0.796. The average Bonchev–Trinajstić information content (AvgIpc) is 2.65. The fourth-order valence-corrected chi connectivity index (χ4v) is 0.970. The molecule has 17 heavy (non-hydrogen) atoms. The van der Waals surface area contributed by atoms with E-state index < -0.39 is 18.6 Å². The van der Waals surface area contributed by atoms with Gasteiger partial charge in [0.25, 0.3) is 11.7 Å². The van der Waals surface area contributed by atoms with E-state index in [-0.39, 0.29) is 18.3 Å². The lowest BCUT2D eigenvalue weighted by molar-refractivity contribution is -0.125. The molecule has 0 radical (unpaired) electrons. The zero-order valence-electron chi connectivity index (χ0n) is 8.97. The van der Waals surface area contributed by atoms with Gasteiger partial charge in [-0.15, -0.1) is 0 Å². The molecule has 9 heteroatoms. The first kappa shape index (κ1) is 13.4. The maximum atomic E-state index is 11.8. The summed E-state index contributed by atoms with van der Waals surface area (Å²) in [6, 6.07) is 0. The van der Waals surface area contributed by atoms with Gasteiger partial charge in [0.15, 0.2) is 0 Å². The first-order valence-corrected chi connectivity index (χ1v) is 4.80. The molecule has 0 aromatic carbocycles. The normalized spacial score (nSPS) is 11.5. The zero-order chi connectivity index (χ0) is 12.9. The van der Waals surface area contributed by atoms with Crippen molar-refractivity contribution in [3.8, 4) is 0 Å². The van der Waals surface area contributed by atoms with Crippen molar-refractivity contribution < 1.29 is 22.5 Å². The highest BCUT2D eigenvalue weighted by molar-refractivity contribution is 5.90. The molecule has 0 aliphatic carbocycles. The Morgan fingerprint density at radius 3 is 2.76 bits per heavy atom.